The molecule has 1 aromatic carbocycles. The summed E-state index contributed by atoms with van der Waals surface area (Å²) < 4.78 is 5.58. The molecule has 0 spiro atoms. The molecule has 2 N–H and O–H groups in total. The minimum Gasteiger partial charge on any atom is -0.480 e. The molecule has 23 heavy (non-hydrogen) atoms. The molecule has 0 aliphatic rings. The Balaban J connectivity index is 2.38. The Bertz CT molecular complexity index is 487. The molecule has 0 fully saturated rings. The normalized spacial score (nSPS) is 13.6. The maximum absolute atomic E-state index is 11.9. The summed E-state index contributed by atoms with van der Waals surface area (Å²) in [5.74, 6) is -0.789. The molecule has 0 saturated heterocycles. The van der Waals surface area contributed by atoms with Crippen LogP contribution in [0.1, 0.15) is 39.2 Å². The fourth-order valence-electron chi connectivity index (χ4n) is 2.40. The highest BCUT2D eigenvalue weighted by Crippen LogP contribution is 2.08. The summed E-state index contributed by atoms with van der Waals surface area (Å²) in [5.41, 5.74) is 0.877. The molecule has 1 aromatic rings. The molecule has 2 atom stereocenters. The SMILES string of the molecule is CC(C)CC(C)OCCC(=O)N[C@H](Cc1ccccc1)C(=O)O. The first-order chi connectivity index (χ1) is 10.9. The van der Waals surface area contributed by atoms with Crippen molar-refractivity contribution in [3.05, 3.63) is 35.9 Å². The van der Waals surface area contributed by atoms with Crippen molar-refractivity contribution in [3.63, 3.8) is 0 Å². The molecule has 0 aromatic heterocycles. The largest absolute Gasteiger partial charge is 0.480 e. The summed E-state index contributed by atoms with van der Waals surface area (Å²) in [4.78, 5) is 23.2. The Labute approximate surface area is 138 Å². The van der Waals surface area contributed by atoms with E-state index in [1.165, 1.54) is 0 Å². The van der Waals surface area contributed by atoms with E-state index in [0.717, 1.165) is 12.0 Å². The number of carbonyl (C=O) groups is 2. The van der Waals surface area contributed by atoms with Gasteiger partial charge in [-0.15, -0.1) is 0 Å². The molecule has 0 bridgehead atoms. The second-order valence-electron chi connectivity index (χ2n) is 6.21. The number of hydrogen-bond acceptors (Lipinski definition) is 3. The van der Waals surface area contributed by atoms with Crippen LogP contribution in [0.2, 0.25) is 0 Å². The standard InChI is InChI=1S/C18H27NO4/c1-13(2)11-14(3)23-10-9-17(20)19-16(18(21)22)12-15-7-5-4-6-8-15/h4-8,13-14,16H,9-12H2,1-3H3,(H,19,20)(H,21,22)/t14?,16-/m1/s1. The summed E-state index contributed by atoms with van der Waals surface area (Å²) in [6, 6.07) is 8.34. The van der Waals surface area contributed by atoms with Crippen molar-refractivity contribution in [1.82, 2.24) is 5.32 Å². The third kappa shape index (κ3) is 8.35. The fraction of sp³-hybridized carbons (Fsp3) is 0.556. The molecule has 1 rings (SSSR count). The van der Waals surface area contributed by atoms with Crippen molar-refractivity contribution in [3.8, 4) is 0 Å². The van der Waals surface area contributed by atoms with Crippen LogP contribution in [0.15, 0.2) is 30.3 Å². The van der Waals surface area contributed by atoms with E-state index in [9.17, 15) is 14.7 Å². The van der Waals surface area contributed by atoms with Crippen LogP contribution in [0, 0.1) is 5.92 Å². The van der Waals surface area contributed by atoms with Crippen LogP contribution in [0.3, 0.4) is 0 Å². The van der Waals surface area contributed by atoms with E-state index < -0.39 is 12.0 Å². The van der Waals surface area contributed by atoms with Crippen molar-refractivity contribution in [2.45, 2.75) is 52.2 Å². The molecule has 0 radical (unpaired) electrons. The van der Waals surface area contributed by atoms with E-state index in [4.69, 9.17) is 4.74 Å². The summed E-state index contributed by atoms with van der Waals surface area (Å²) in [6.07, 6.45) is 1.48. The Morgan fingerprint density at radius 3 is 2.39 bits per heavy atom. The van der Waals surface area contributed by atoms with Crippen molar-refractivity contribution in [2.24, 2.45) is 5.92 Å². The summed E-state index contributed by atoms with van der Waals surface area (Å²) >= 11 is 0. The zero-order valence-corrected chi connectivity index (χ0v) is 14.1. The van der Waals surface area contributed by atoms with Crippen LogP contribution in [0.25, 0.3) is 0 Å². The van der Waals surface area contributed by atoms with Gasteiger partial charge in [0.2, 0.25) is 5.91 Å². The molecule has 5 nitrogen and oxygen atoms in total. The van der Waals surface area contributed by atoms with Gasteiger partial charge in [-0.1, -0.05) is 44.2 Å². The van der Waals surface area contributed by atoms with Gasteiger partial charge in [0, 0.05) is 12.8 Å². The molecule has 0 aliphatic heterocycles. The molecule has 0 heterocycles. The first kappa shape index (κ1) is 19.2. The lowest BCUT2D eigenvalue weighted by Crippen LogP contribution is -2.42. The third-order valence-corrected chi connectivity index (χ3v) is 3.45. The zero-order valence-electron chi connectivity index (χ0n) is 14.1. The van der Waals surface area contributed by atoms with E-state index >= 15 is 0 Å². The molecule has 0 saturated carbocycles. The van der Waals surface area contributed by atoms with Crippen molar-refractivity contribution < 1.29 is 19.4 Å². The van der Waals surface area contributed by atoms with Gasteiger partial charge in [-0.3, -0.25) is 4.79 Å². The highest BCUT2D eigenvalue weighted by atomic mass is 16.5. The highest BCUT2D eigenvalue weighted by molar-refractivity contribution is 5.83. The van der Waals surface area contributed by atoms with Crippen molar-refractivity contribution in [2.75, 3.05) is 6.61 Å². The van der Waals surface area contributed by atoms with Crippen LogP contribution in [0.4, 0.5) is 0 Å². The number of ether oxygens (including phenoxy) is 1. The minimum absolute atomic E-state index is 0.0994. The maximum Gasteiger partial charge on any atom is 0.326 e. The molecule has 1 amide bonds. The van der Waals surface area contributed by atoms with E-state index in [1.54, 1.807) is 0 Å². The van der Waals surface area contributed by atoms with Crippen LogP contribution in [-0.4, -0.2) is 35.7 Å². The predicted molar refractivity (Wildman–Crippen MR) is 89.2 cm³/mol. The average Bonchev–Trinajstić information content (AvgIpc) is 2.46. The van der Waals surface area contributed by atoms with Gasteiger partial charge in [0.25, 0.3) is 0 Å². The molecule has 128 valence electrons. The number of nitrogens with one attached hydrogen (secondary N) is 1. The zero-order chi connectivity index (χ0) is 17.2. The number of benzene rings is 1. The number of aliphatic carboxylic acids is 1. The third-order valence-electron chi connectivity index (χ3n) is 3.45. The van der Waals surface area contributed by atoms with Gasteiger partial charge in [0.15, 0.2) is 0 Å². The highest BCUT2D eigenvalue weighted by Gasteiger charge is 2.20. The Morgan fingerprint density at radius 1 is 1.17 bits per heavy atom. The summed E-state index contributed by atoms with van der Waals surface area (Å²) in [7, 11) is 0. The summed E-state index contributed by atoms with van der Waals surface area (Å²) in [6.45, 7) is 6.52. The topological polar surface area (TPSA) is 75.6 Å². The molecule has 5 heteroatoms. The number of amides is 1. The van der Waals surface area contributed by atoms with Crippen LogP contribution < -0.4 is 5.32 Å². The van der Waals surface area contributed by atoms with Gasteiger partial charge in [0.1, 0.15) is 6.04 Å². The number of carboxylic acids is 1. The fourth-order valence-corrected chi connectivity index (χ4v) is 2.40. The average molecular weight is 321 g/mol. The number of carboxylic acid groups (broad SMARTS) is 1. The smallest absolute Gasteiger partial charge is 0.326 e. The number of carbonyl (C=O) groups excluding carboxylic acids is 1. The van der Waals surface area contributed by atoms with Crippen molar-refractivity contribution in [1.29, 1.82) is 0 Å². The van der Waals surface area contributed by atoms with Crippen LogP contribution in [0.5, 0.6) is 0 Å². The van der Waals surface area contributed by atoms with Gasteiger partial charge in [0.05, 0.1) is 12.7 Å². The number of hydrogen-bond donors (Lipinski definition) is 2. The quantitative estimate of drug-likeness (QED) is 0.694. The van der Waals surface area contributed by atoms with Gasteiger partial charge in [-0.25, -0.2) is 4.79 Å². The van der Waals surface area contributed by atoms with Crippen LogP contribution in [-0.2, 0) is 20.7 Å². The second-order valence-corrected chi connectivity index (χ2v) is 6.21. The predicted octanol–water partition coefficient (Wildman–Crippen LogP) is 2.64. The van der Waals surface area contributed by atoms with E-state index in [2.05, 4.69) is 19.2 Å². The number of rotatable bonds is 10. The Morgan fingerprint density at radius 2 is 1.83 bits per heavy atom. The maximum atomic E-state index is 11.9. The molecule has 1 unspecified atom stereocenters. The Kier molecular flexibility index (Phi) is 8.33. The first-order valence-corrected chi connectivity index (χ1v) is 8.06. The van der Waals surface area contributed by atoms with Gasteiger partial charge in [-0.05, 0) is 24.8 Å². The molecule has 0 aliphatic carbocycles. The molecular formula is C18H27NO4. The van der Waals surface area contributed by atoms with Gasteiger partial charge in [-0.2, -0.15) is 0 Å². The minimum atomic E-state index is -1.03. The van der Waals surface area contributed by atoms with Crippen molar-refractivity contribution >= 4 is 11.9 Å². The lowest BCUT2D eigenvalue weighted by molar-refractivity contribution is -0.142. The van der Waals surface area contributed by atoms with Gasteiger partial charge >= 0.3 is 5.97 Å². The van der Waals surface area contributed by atoms with E-state index in [1.807, 2.05) is 37.3 Å². The second kappa shape index (κ2) is 10.0. The monoisotopic (exact) mass is 321 g/mol. The Hall–Kier alpha value is -1.88. The summed E-state index contributed by atoms with van der Waals surface area (Å²) in [5, 5.41) is 11.8. The molecular weight excluding hydrogens is 294 g/mol. The van der Waals surface area contributed by atoms with E-state index in [0.29, 0.717) is 12.5 Å². The van der Waals surface area contributed by atoms with Crippen LogP contribution >= 0.6 is 0 Å². The lowest BCUT2D eigenvalue weighted by Gasteiger charge is -2.17. The lowest BCUT2D eigenvalue weighted by atomic mass is 10.1. The van der Waals surface area contributed by atoms with Gasteiger partial charge < -0.3 is 15.2 Å². The first-order valence-electron chi connectivity index (χ1n) is 8.06. The van der Waals surface area contributed by atoms with E-state index in [-0.39, 0.29) is 24.9 Å².